The van der Waals surface area contributed by atoms with E-state index in [1.54, 1.807) is 24.5 Å². The molecule has 0 aliphatic heterocycles. The summed E-state index contributed by atoms with van der Waals surface area (Å²) in [5, 5.41) is 8.01. The van der Waals surface area contributed by atoms with Crippen molar-refractivity contribution < 1.29 is 22.6 Å². The Hall–Kier alpha value is -4.71. The van der Waals surface area contributed by atoms with Crippen LogP contribution in [0.25, 0.3) is 22.2 Å². The van der Waals surface area contributed by atoms with Crippen LogP contribution in [-0.2, 0) is 19.3 Å². The van der Waals surface area contributed by atoms with Gasteiger partial charge in [-0.1, -0.05) is 12.1 Å². The average molecular weight is 565 g/mol. The second kappa shape index (κ2) is 11.4. The normalized spacial score (nSPS) is 11.7. The summed E-state index contributed by atoms with van der Waals surface area (Å²) in [6.07, 6.45) is -0.227. The minimum atomic E-state index is -4.75. The number of hydrogen-bond acceptors (Lipinski definition) is 7. The van der Waals surface area contributed by atoms with Crippen LogP contribution >= 0.6 is 0 Å². The summed E-state index contributed by atoms with van der Waals surface area (Å²) in [7, 11) is 0. The van der Waals surface area contributed by atoms with E-state index in [9.17, 15) is 18.0 Å². The van der Waals surface area contributed by atoms with Crippen molar-refractivity contribution in [2.45, 2.75) is 33.2 Å². The lowest BCUT2D eigenvalue weighted by molar-refractivity contribution is -0.138. The largest absolute Gasteiger partial charge is 0.488 e. The van der Waals surface area contributed by atoms with E-state index in [4.69, 9.17) is 20.2 Å². The fraction of sp³-hybridized carbons (Fsp3) is 0.241. The first-order chi connectivity index (χ1) is 19.7. The molecule has 0 saturated carbocycles. The van der Waals surface area contributed by atoms with Gasteiger partial charge >= 0.3 is 6.18 Å². The van der Waals surface area contributed by atoms with Gasteiger partial charge in [-0.3, -0.25) is 14.9 Å². The zero-order chi connectivity index (χ0) is 29.1. The van der Waals surface area contributed by atoms with Crippen LogP contribution in [-0.4, -0.2) is 37.9 Å². The quantitative estimate of drug-likeness (QED) is 0.264. The average Bonchev–Trinajstić information content (AvgIpc) is 3.40. The fourth-order valence-electron chi connectivity index (χ4n) is 4.58. The molecule has 212 valence electrons. The monoisotopic (exact) mass is 564 g/mol. The lowest BCUT2D eigenvalue weighted by Crippen LogP contribution is -2.29. The number of hydrogen-bond donors (Lipinski definition) is 2. The third kappa shape index (κ3) is 5.78. The van der Waals surface area contributed by atoms with E-state index in [2.05, 4.69) is 15.2 Å². The Morgan fingerprint density at radius 2 is 1.90 bits per heavy atom. The lowest BCUT2D eigenvalue weighted by atomic mass is 10.0. The molecule has 41 heavy (non-hydrogen) atoms. The van der Waals surface area contributed by atoms with Crippen LogP contribution in [0.15, 0.2) is 65.8 Å². The third-order valence-corrected chi connectivity index (χ3v) is 6.56. The van der Waals surface area contributed by atoms with Gasteiger partial charge in [-0.05, 0) is 49.7 Å². The van der Waals surface area contributed by atoms with E-state index in [1.165, 1.54) is 12.3 Å². The topological polar surface area (TPSA) is 121 Å². The smallest absolute Gasteiger partial charge is 0.421 e. The van der Waals surface area contributed by atoms with Gasteiger partial charge in [0.05, 0.1) is 18.4 Å². The van der Waals surface area contributed by atoms with Crippen LogP contribution in [0.5, 0.6) is 11.5 Å². The molecule has 5 aromatic rings. The van der Waals surface area contributed by atoms with Gasteiger partial charge in [-0.2, -0.15) is 18.3 Å². The number of aromatic nitrogens is 5. The Balaban J connectivity index is 1.48. The van der Waals surface area contributed by atoms with Gasteiger partial charge in [-0.25, -0.2) is 4.98 Å². The second-order valence-electron chi connectivity index (χ2n) is 9.39. The van der Waals surface area contributed by atoms with E-state index in [1.807, 2.05) is 32.0 Å². The van der Waals surface area contributed by atoms with Gasteiger partial charge in [0, 0.05) is 41.1 Å². The number of ether oxygens (including phenoxy) is 2. The minimum absolute atomic E-state index is 0.0556. The van der Waals surface area contributed by atoms with Crippen molar-refractivity contribution in [3.63, 3.8) is 0 Å². The van der Waals surface area contributed by atoms with Crippen molar-refractivity contribution in [1.29, 1.82) is 0 Å². The number of H-pyrrole nitrogens is 1. The van der Waals surface area contributed by atoms with E-state index in [0.29, 0.717) is 47.1 Å². The second-order valence-corrected chi connectivity index (χ2v) is 9.39. The number of aromatic amines is 1. The molecule has 0 amide bonds. The fourth-order valence-corrected chi connectivity index (χ4v) is 4.58. The van der Waals surface area contributed by atoms with E-state index in [-0.39, 0.29) is 13.2 Å². The zero-order valence-corrected chi connectivity index (χ0v) is 22.3. The van der Waals surface area contributed by atoms with Gasteiger partial charge in [0.2, 0.25) is 0 Å². The molecule has 0 fully saturated rings. The molecular weight excluding hydrogens is 537 g/mol. The highest BCUT2D eigenvalue weighted by atomic mass is 19.4. The number of benzene rings is 1. The summed E-state index contributed by atoms with van der Waals surface area (Å²) in [5.41, 5.74) is 7.89. The number of aryl methyl sites for hydroxylation is 2. The first-order valence-electron chi connectivity index (χ1n) is 12.8. The lowest BCUT2D eigenvalue weighted by Gasteiger charge is -2.16. The van der Waals surface area contributed by atoms with Crippen LogP contribution in [0.2, 0.25) is 0 Å². The number of alkyl halides is 3. The van der Waals surface area contributed by atoms with E-state index < -0.39 is 17.3 Å². The summed E-state index contributed by atoms with van der Waals surface area (Å²) in [5.74, 6) is 1.06. The molecule has 9 nitrogen and oxygen atoms in total. The highest BCUT2D eigenvalue weighted by Crippen LogP contribution is 2.36. The molecule has 4 aromatic heterocycles. The van der Waals surface area contributed by atoms with Gasteiger partial charge in [0.15, 0.2) is 5.75 Å². The molecule has 1 aromatic carbocycles. The molecule has 12 heteroatoms. The minimum Gasteiger partial charge on any atom is -0.488 e. The van der Waals surface area contributed by atoms with Crippen LogP contribution < -0.4 is 20.8 Å². The van der Waals surface area contributed by atoms with E-state index in [0.717, 1.165) is 32.8 Å². The van der Waals surface area contributed by atoms with Gasteiger partial charge in [0.25, 0.3) is 5.56 Å². The number of nitrogens with zero attached hydrogens (tertiary/aromatic N) is 4. The summed E-state index contributed by atoms with van der Waals surface area (Å²) in [4.78, 5) is 21.6. The molecule has 0 spiro atoms. The maximum Gasteiger partial charge on any atom is 0.421 e. The molecule has 0 saturated heterocycles. The van der Waals surface area contributed by atoms with Gasteiger partial charge < -0.3 is 19.8 Å². The molecule has 0 aliphatic rings. The number of nitrogens with one attached hydrogen (secondary N) is 1. The SMILES string of the molecule is Cc1cc(-c2n[nH]cc2OCCN)c2cccc(OCc3c(C)ccnc3Cn3cccc(C(F)(F)F)c3=O)c2n1. The molecule has 3 N–H and O–H groups in total. The molecule has 0 atom stereocenters. The van der Waals surface area contributed by atoms with Crippen LogP contribution in [0.1, 0.15) is 28.1 Å². The molecule has 0 aliphatic carbocycles. The number of halogens is 3. The number of pyridine rings is 3. The van der Waals surface area contributed by atoms with Gasteiger partial charge in [-0.15, -0.1) is 0 Å². The molecule has 5 rings (SSSR count). The van der Waals surface area contributed by atoms with Crippen LogP contribution in [0, 0.1) is 13.8 Å². The number of nitrogens with two attached hydrogens (primary N) is 1. The summed E-state index contributed by atoms with van der Waals surface area (Å²) >= 11 is 0. The summed E-state index contributed by atoms with van der Waals surface area (Å²) in [6.45, 7) is 4.32. The van der Waals surface area contributed by atoms with Gasteiger partial charge in [0.1, 0.15) is 35.7 Å². The number of para-hydroxylation sites is 1. The molecule has 4 heterocycles. The highest BCUT2D eigenvalue weighted by Gasteiger charge is 2.34. The number of rotatable bonds is 9. The third-order valence-electron chi connectivity index (χ3n) is 6.56. The van der Waals surface area contributed by atoms with Crippen LogP contribution in [0.3, 0.4) is 0 Å². The maximum atomic E-state index is 13.3. The predicted octanol–water partition coefficient (Wildman–Crippen LogP) is 4.78. The summed E-state index contributed by atoms with van der Waals surface area (Å²) < 4.78 is 52.9. The Kier molecular flexibility index (Phi) is 7.75. The van der Waals surface area contributed by atoms with Crippen molar-refractivity contribution >= 4 is 10.9 Å². The van der Waals surface area contributed by atoms with Crippen molar-refractivity contribution in [1.82, 2.24) is 24.7 Å². The Labute approximate surface area is 232 Å². The van der Waals surface area contributed by atoms with Crippen molar-refractivity contribution in [2.24, 2.45) is 5.73 Å². The Morgan fingerprint density at radius 1 is 1.07 bits per heavy atom. The Bertz CT molecular complexity index is 1760. The maximum absolute atomic E-state index is 13.3. The summed E-state index contributed by atoms with van der Waals surface area (Å²) in [6, 6.07) is 11.2. The first-order valence-corrected chi connectivity index (χ1v) is 12.8. The van der Waals surface area contributed by atoms with Crippen molar-refractivity contribution in [2.75, 3.05) is 13.2 Å². The molecule has 0 bridgehead atoms. The standard InChI is InChI=1S/C29H27F3N6O3/c1-17-8-10-34-23(15-38-11-4-6-22(28(38)39)29(30,31)32)21(17)16-41-24-7-3-5-19-20(13-18(2)36-26(19)24)27-25(14-35-37-27)40-12-9-33/h3-8,10-11,13-14H,9,12,15-16,33H2,1-2H3,(H,35,37). The molecule has 0 radical (unpaired) electrons. The van der Waals surface area contributed by atoms with Crippen molar-refractivity contribution in [3.8, 4) is 22.8 Å². The van der Waals surface area contributed by atoms with E-state index >= 15 is 0 Å². The van der Waals surface area contributed by atoms with Crippen molar-refractivity contribution in [3.05, 3.63) is 99.5 Å². The Morgan fingerprint density at radius 3 is 2.68 bits per heavy atom. The first kappa shape index (κ1) is 27.8. The van der Waals surface area contributed by atoms with Crippen LogP contribution in [0.4, 0.5) is 13.2 Å². The molecule has 0 unspecified atom stereocenters. The number of fused-ring (bicyclic) bond motifs is 1. The zero-order valence-electron chi connectivity index (χ0n) is 22.3. The predicted molar refractivity (Wildman–Crippen MR) is 147 cm³/mol. The highest BCUT2D eigenvalue weighted by molar-refractivity contribution is 5.97. The molecular formula is C29H27F3N6O3.